The van der Waals surface area contributed by atoms with Crippen LogP contribution in [0.25, 0.3) is 0 Å². The molecule has 2 rings (SSSR count). The monoisotopic (exact) mass is 246 g/mol. The summed E-state index contributed by atoms with van der Waals surface area (Å²) >= 11 is 6.20. The Hall–Kier alpha value is 0.210. The molecular formula is C13H23ClO2. The molecule has 0 aromatic rings. The molecule has 94 valence electrons. The van der Waals surface area contributed by atoms with Crippen LogP contribution >= 0.6 is 11.6 Å². The number of alkyl halides is 1. The van der Waals surface area contributed by atoms with Crippen LogP contribution in [0.2, 0.25) is 0 Å². The predicted octanol–water partition coefficient (Wildman–Crippen LogP) is 3.37. The van der Waals surface area contributed by atoms with E-state index in [4.69, 9.17) is 21.1 Å². The fourth-order valence-corrected chi connectivity index (χ4v) is 3.04. The zero-order valence-electron chi connectivity index (χ0n) is 10.5. The van der Waals surface area contributed by atoms with Crippen LogP contribution in [0.4, 0.5) is 0 Å². The van der Waals surface area contributed by atoms with Gasteiger partial charge in [-0.3, -0.25) is 0 Å². The average Bonchev–Trinajstić information content (AvgIpc) is 2.29. The highest BCUT2D eigenvalue weighted by molar-refractivity contribution is 6.21. The Morgan fingerprint density at radius 3 is 2.38 bits per heavy atom. The van der Waals surface area contributed by atoms with Gasteiger partial charge in [0.2, 0.25) is 0 Å². The highest BCUT2D eigenvalue weighted by atomic mass is 35.5. The zero-order valence-corrected chi connectivity index (χ0v) is 11.3. The van der Waals surface area contributed by atoms with Gasteiger partial charge < -0.3 is 9.47 Å². The van der Waals surface area contributed by atoms with Gasteiger partial charge >= 0.3 is 0 Å². The van der Waals surface area contributed by atoms with E-state index >= 15 is 0 Å². The van der Waals surface area contributed by atoms with Crippen molar-refractivity contribution in [2.45, 2.75) is 69.6 Å². The third-order valence-corrected chi connectivity index (χ3v) is 5.07. The fraction of sp³-hybridized carbons (Fsp3) is 1.00. The lowest BCUT2D eigenvalue weighted by Gasteiger charge is -2.50. The van der Waals surface area contributed by atoms with Crippen LogP contribution in [0.1, 0.15) is 46.0 Å². The van der Waals surface area contributed by atoms with Gasteiger partial charge in [0.1, 0.15) is 0 Å². The normalized spacial score (nSPS) is 42.8. The third-order valence-electron chi connectivity index (χ3n) is 4.33. The molecule has 0 aliphatic heterocycles. The average molecular weight is 247 g/mol. The van der Waals surface area contributed by atoms with Crippen molar-refractivity contribution < 1.29 is 9.47 Å². The van der Waals surface area contributed by atoms with Crippen molar-refractivity contribution in [3.8, 4) is 0 Å². The van der Waals surface area contributed by atoms with Crippen molar-refractivity contribution in [3.63, 3.8) is 0 Å². The second-order valence-corrected chi connectivity index (χ2v) is 6.32. The Morgan fingerprint density at radius 2 is 1.81 bits per heavy atom. The number of ether oxygens (including phenoxy) is 2. The highest BCUT2D eigenvalue weighted by Gasteiger charge is 2.49. The molecule has 0 aromatic carbocycles. The number of hydrogen-bond acceptors (Lipinski definition) is 2. The molecule has 4 unspecified atom stereocenters. The van der Waals surface area contributed by atoms with E-state index in [-0.39, 0.29) is 10.8 Å². The maximum atomic E-state index is 6.20. The van der Waals surface area contributed by atoms with E-state index < -0.39 is 0 Å². The van der Waals surface area contributed by atoms with Crippen molar-refractivity contribution in [2.24, 2.45) is 5.41 Å². The molecule has 2 saturated carbocycles. The molecule has 0 aromatic heterocycles. The van der Waals surface area contributed by atoms with E-state index in [1.54, 1.807) is 7.11 Å². The van der Waals surface area contributed by atoms with E-state index in [1.807, 2.05) is 0 Å². The van der Waals surface area contributed by atoms with E-state index in [2.05, 4.69) is 13.8 Å². The molecule has 0 N–H and O–H groups in total. The van der Waals surface area contributed by atoms with Crippen molar-refractivity contribution in [3.05, 3.63) is 0 Å². The Bertz CT molecular complexity index is 242. The largest absolute Gasteiger partial charge is 0.381 e. The molecule has 16 heavy (non-hydrogen) atoms. The molecule has 0 amide bonds. The Kier molecular flexibility index (Phi) is 3.82. The molecule has 2 nitrogen and oxygen atoms in total. The Morgan fingerprint density at radius 1 is 1.12 bits per heavy atom. The van der Waals surface area contributed by atoms with Crippen molar-refractivity contribution >= 4 is 11.6 Å². The van der Waals surface area contributed by atoms with Gasteiger partial charge in [0.05, 0.1) is 18.3 Å². The van der Waals surface area contributed by atoms with Crippen molar-refractivity contribution in [2.75, 3.05) is 7.11 Å². The molecule has 2 aliphatic carbocycles. The van der Waals surface area contributed by atoms with Crippen LogP contribution in [0.3, 0.4) is 0 Å². The van der Waals surface area contributed by atoms with Crippen molar-refractivity contribution in [1.29, 1.82) is 0 Å². The first-order chi connectivity index (χ1) is 7.54. The highest BCUT2D eigenvalue weighted by Crippen LogP contribution is 2.47. The molecule has 2 fully saturated rings. The molecule has 0 radical (unpaired) electrons. The van der Waals surface area contributed by atoms with Gasteiger partial charge in [-0.2, -0.15) is 0 Å². The zero-order chi connectivity index (χ0) is 11.8. The number of hydrogen-bond donors (Lipinski definition) is 0. The molecule has 2 aliphatic rings. The molecule has 0 heterocycles. The van der Waals surface area contributed by atoms with E-state index in [1.165, 1.54) is 19.3 Å². The minimum absolute atomic E-state index is 0.140. The summed E-state index contributed by atoms with van der Waals surface area (Å²) in [5.74, 6) is 0. The second kappa shape index (κ2) is 4.83. The summed E-state index contributed by atoms with van der Waals surface area (Å²) in [5, 5.41) is 0.277. The molecule has 0 saturated heterocycles. The molecule has 3 heteroatoms. The smallest absolute Gasteiger partial charge is 0.0658 e. The summed E-state index contributed by atoms with van der Waals surface area (Å²) in [6, 6.07) is 0. The first kappa shape index (κ1) is 12.7. The maximum absolute atomic E-state index is 6.20. The minimum atomic E-state index is 0.140. The van der Waals surface area contributed by atoms with Gasteiger partial charge in [-0.1, -0.05) is 13.8 Å². The van der Waals surface area contributed by atoms with Gasteiger partial charge in [-0.05, 0) is 32.1 Å². The summed E-state index contributed by atoms with van der Waals surface area (Å²) < 4.78 is 11.6. The lowest BCUT2D eigenvalue weighted by molar-refractivity contribution is -0.144. The molecule has 0 bridgehead atoms. The summed E-state index contributed by atoms with van der Waals surface area (Å²) in [6.07, 6.45) is 6.76. The van der Waals surface area contributed by atoms with Crippen LogP contribution < -0.4 is 0 Å². The quantitative estimate of drug-likeness (QED) is 0.711. The number of methoxy groups -OCH3 is 1. The SMILES string of the molecule is COC1CCCC(OC2CC(Cl)C2(C)C)C1. The van der Waals surface area contributed by atoms with E-state index in [0.29, 0.717) is 18.3 Å². The van der Waals surface area contributed by atoms with Gasteiger partial charge in [-0.15, -0.1) is 11.6 Å². The second-order valence-electron chi connectivity index (χ2n) is 5.80. The summed E-state index contributed by atoms with van der Waals surface area (Å²) in [5.41, 5.74) is 0.140. The van der Waals surface area contributed by atoms with Crippen LogP contribution in [0.15, 0.2) is 0 Å². The van der Waals surface area contributed by atoms with E-state index in [0.717, 1.165) is 12.8 Å². The van der Waals surface area contributed by atoms with Crippen molar-refractivity contribution in [1.82, 2.24) is 0 Å². The third kappa shape index (κ3) is 2.39. The van der Waals surface area contributed by atoms with Gasteiger partial charge in [0, 0.05) is 17.9 Å². The minimum Gasteiger partial charge on any atom is -0.381 e. The summed E-state index contributed by atoms with van der Waals surface area (Å²) in [7, 11) is 1.80. The number of halogens is 1. The van der Waals surface area contributed by atoms with Gasteiger partial charge in [0.25, 0.3) is 0 Å². The van der Waals surface area contributed by atoms with Crippen LogP contribution in [-0.4, -0.2) is 30.8 Å². The first-order valence-corrected chi connectivity index (χ1v) is 6.80. The lowest BCUT2D eigenvalue weighted by atomic mass is 9.68. The molecule has 4 atom stereocenters. The first-order valence-electron chi connectivity index (χ1n) is 6.36. The van der Waals surface area contributed by atoms with Crippen LogP contribution in [-0.2, 0) is 9.47 Å². The summed E-state index contributed by atoms with van der Waals surface area (Å²) in [6.45, 7) is 4.41. The Balaban J connectivity index is 1.82. The number of rotatable bonds is 3. The maximum Gasteiger partial charge on any atom is 0.0658 e. The van der Waals surface area contributed by atoms with E-state index in [9.17, 15) is 0 Å². The lowest BCUT2D eigenvalue weighted by Crippen LogP contribution is -2.53. The topological polar surface area (TPSA) is 18.5 Å². The molecular weight excluding hydrogens is 224 g/mol. The predicted molar refractivity (Wildman–Crippen MR) is 66.0 cm³/mol. The van der Waals surface area contributed by atoms with Crippen LogP contribution in [0, 0.1) is 5.41 Å². The van der Waals surface area contributed by atoms with Gasteiger partial charge in [0.15, 0.2) is 0 Å². The van der Waals surface area contributed by atoms with Gasteiger partial charge in [-0.25, -0.2) is 0 Å². The Labute approximate surface area is 104 Å². The molecule has 0 spiro atoms. The van der Waals surface area contributed by atoms with Crippen LogP contribution in [0.5, 0.6) is 0 Å². The fourth-order valence-electron chi connectivity index (χ4n) is 2.74. The standard InChI is InChI=1S/C13H23ClO2/c1-13(2)11(14)8-12(13)16-10-6-4-5-9(7-10)15-3/h9-12H,4-8H2,1-3H3. The summed E-state index contributed by atoms with van der Waals surface area (Å²) in [4.78, 5) is 0.